The van der Waals surface area contributed by atoms with Crippen molar-refractivity contribution in [2.75, 3.05) is 11.4 Å². The molecule has 3 rings (SSSR count). The number of rotatable bonds is 2. The molecule has 2 aromatic rings. The first kappa shape index (κ1) is 15.9. The minimum absolute atomic E-state index is 0. The van der Waals surface area contributed by atoms with Crippen molar-refractivity contribution in [3.05, 3.63) is 65.7 Å². The lowest BCUT2D eigenvalue weighted by atomic mass is 9.88. The highest BCUT2D eigenvalue weighted by Gasteiger charge is 2.27. The largest absolute Gasteiger partial charge is 0.364 e. The predicted octanol–water partition coefficient (Wildman–Crippen LogP) is 5.39. The summed E-state index contributed by atoms with van der Waals surface area (Å²) in [7, 11) is 0. The van der Waals surface area contributed by atoms with E-state index in [0.717, 1.165) is 12.5 Å². The Hall–Kier alpha value is -1.47. The van der Waals surface area contributed by atoms with Crippen LogP contribution in [-0.4, -0.2) is 6.54 Å². The van der Waals surface area contributed by atoms with Crippen LogP contribution in [0.3, 0.4) is 0 Å². The van der Waals surface area contributed by atoms with Crippen LogP contribution in [0, 0.1) is 12.8 Å². The fourth-order valence-electron chi connectivity index (χ4n) is 3.18. The van der Waals surface area contributed by atoms with Gasteiger partial charge in [-0.15, -0.1) is 12.4 Å². The lowest BCUT2D eigenvalue weighted by Crippen LogP contribution is -2.36. The first-order valence-electron chi connectivity index (χ1n) is 7.62. The van der Waals surface area contributed by atoms with Crippen molar-refractivity contribution >= 4 is 18.1 Å². The number of hydrogen-bond donors (Lipinski definition) is 0. The maximum absolute atomic E-state index is 2.58. The molecule has 2 heteroatoms. The molecule has 0 aromatic heterocycles. The number of piperidine rings is 1. The van der Waals surface area contributed by atoms with Crippen molar-refractivity contribution in [1.29, 1.82) is 0 Å². The van der Waals surface area contributed by atoms with E-state index in [1.54, 1.807) is 0 Å². The molecule has 0 aliphatic carbocycles. The maximum atomic E-state index is 2.58. The molecule has 1 aliphatic heterocycles. The van der Waals surface area contributed by atoms with E-state index < -0.39 is 0 Å². The second-order valence-electron chi connectivity index (χ2n) is 6.08. The molecule has 2 aromatic carbocycles. The summed E-state index contributed by atoms with van der Waals surface area (Å²) in [5, 5.41) is 0. The lowest BCUT2D eigenvalue weighted by molar-refractivity contribution is 0.369. The Morgan fingerprint density at radius 2 is 1.62 bits per heavy atom. The Morgan fingerprint density at radius 1 is 0.952 bits per heavy atom. The van der Waals surface area contributed by atoms with Gasteiger partial charge in [0.15, 0.2) is 0 Å². The van der Waals surface area contributed by atoms with Crippen LogP contribution in [0.25, 0.3) is 0 Å². The zero-order valence-corrected chi connectivity index (χ0v) is 13.6. The number of anilines is 1. The monoisotopic (exact) mass is 301 g/mol. The molecule has 2 atom stereocenters. The van der Waals surface area contributed by atoms with Crippen molar-refractivity contribution in [1.82, 2.24) is 0 Å². The highest BCUT2D eigenvalue weighted by atomic mass is 35.5. The molecule has 2 unspecified atom stereocenters. The zero-order valence-electron chi connectivity index (χ0n) is 12.8. The fraction of sp³-hybridized carbons (Fsp3) is 0.368. The van der Waals surface area contributed by atoms with Crippen LogP contribution >= 0.6 is 12.4 Å². The third-order valence-electron chi connectivity index (χ3n) is 4.41. The molecule has 1 fully saturated rings. The second-order valence-corrected chi connectivity index (χ2v) is 6.08. The van der Waals surface area contributed by atoms with Gasteiger partial charge in [-0.3, -0.25) is 0 Å². The third kappa shape index (κ3) is 3.59. The molecule has 0 N–H and O–H groups in total. The van der Waals surface area contributed by atoms with E-state index in [1.807, 2.05) is 0 Å². The normalized spacial score (nSPS) is 21.7. The van der Waals surface area contributed by atoms with Gasteiger partial charge in [-0.1, -0.05) is 55.0 Å². The fourth-order valence-corrected chi connectivity index (χ4v) is 3.18. The van der Waals surface area contributed by atoms with Gasteiger partial charge in [0.25, 0.3) is 0 Å². The molecule has 21 heavy (non-hydrogen) atoms. The predicted molar refractivity (Wildman–Crippen MR) is 93.4 cm³/mol. The van der Waals surface area contributed by atoms with Crippen molar-refractivity contribution < 1.29 is 0 Å². The number of benzene rings is 2. The Bertz CT molecular complexity index is 550. The van der Waals surface area contributed by atoms with Gasteiger partial charge >= 0.3 is 0 Å². The van der Waals surface area contributed by atoms with Crippen LogP contribution in [-0.2, 0) is 0 Å². The molecule has 0 bridgehead atoms. The van der Waals surface area contributed by atoms with Gasteiger partial charge in [-0.2, -0.15) is 0 Å². The summed E-state index contributed by atoms with van der Waals surface area (Å²) in [5.74, 6) is 0.807. The summed E-state index contributed by atoms with van der Waals surface area (Å²) in [6.45, 7) is 5.68. The lowest BCUT2D eigenvalue weighted by Gasteiger charge is -2.40. The smallest absolute Gasteiger partial charge is 0.0544 e. The summed E-state index contributed by atoms with van der Waals surface area (Å²) in [5.41, 5.74) is 4.13. The van der Waals surface area contributed by atoms with Crippen LogP contribution in [0.2, 0.25) is 0 Å². The van der Waals surface area contributed by atoms with E-state index in [2.05, 4.69) is 73.3 Å². The van der Waals surface area contributed by atoms with Gasteiger partial charge < -0.3 is 4.90 Å². The molecule has 112 valence electrons. The number of nitrogens with zero attached hydrogens (tertiary/aromatic N) is 1. The average Bonchev–Trinajstić information content (AvgIpc) is 2.49. The molecule has 0 radical (unpaired) electrons. The minimum Gasteiger partial charge on any atom is -0.364 e. The minimum atomic E-state index is 0. The van der Waals surface area contributed by atoms with E-state index >= 15 is 0 Å². The average molecular weight is 302 g/mol. The Kier molecular flexibility index (Phi) is 5.30. The summed E-state index contributed by atoms with van der Waals surface area (Å²) in [6, 6.07) is 20.4. The maximum Gasteiger partial charge on any atom is 0.0544 e. The standard InChI is InChI=1S/C19H23N.ClH/c1-15-8-10-18(11-9-15)20-13-12-16(2)14-19(20)17-6-4-3-5-7-17;/h3-11,16,19H,12-14H2,1-2H3;1H. The van der Waals surface area contributed by atoms with Gasteiger partial charge in [-0.25, -0.2) is 0 Å². The molecule has 0 saturated carbocycles. The van der Waals surface area contributed by atoms with E-state index in [0.29, 0.717) is 6.04 Å². The second kappa shape index (κ2) is 7.00. The summed E-state index contributed by atoms with van der Waals surface area (Å²) in [6.07, 6.45) is 2.54. The quantitative estimate of drug-likeness (QED) is 0.718. The van der Waals surface area contributed by atoms with Crippen molar-refractivity contribution in [2.24, 2.45) is 5.92 Å². The van der Waals surface area contributed by atoms with Gasteiger partial charge in [0.2, 0.25) is 0 Å². The first-order valence-corrected chi connectivity index (χ1v) is 7.62. The van der Waals surface area contributed by atoms with Crippen LogP contribution in [0.4, 0.5) is 5.69 Å². The van der Waals surface area contributed by atoms with Crippen LogP contribution in [0.1, 0.15) is 36.9 Å². The number of halogens is 1. The molecular formula is C19H24ClN. The van der Waals surface area contributed by atoms with Gasteiger partial charge in [0.05, 0.1) is 6.04 Å². The van der Waals surface area contributed by atoms with Gasteiger partial charge in [0, 0.05) is 12.2 Å². The first-order chi connectivity index (χ1) is 9.74. The highest BCUT2D eigenvalue weighted by molar-refractivity contribution is 5.85. The highest BCUT2D eigenvalue weighted by Crippen LogP contribution is 2.37. The van der Waals surface area contributed by atoms with Crippen molar-refractivity contribution in [3.63, 3.8) is 0 Å². The summed E-state index contributed by atoms with van der Waals surface area (Å²) < 4.78 is 0. The van der Waals surface area contributed by atoms with Crippen LogP contribution in [0.5, 0.6) is 0 Å². The Labute approximate surface area is 134 Å². The summed E-state index contributed by atoms with van der Waals surface area (Å²) >= 11 is 0. The van der Waals surface area contributed by atoms with E-state index in [9.17, 15) is 0 Å². The van der Waals surface area contributed by atoms with E-state index in [1.165, 1.54) is 29.7 Å². The molecule has 1 aliphatic rings. The van der Waals surface area contributed by atoms with E-state index in [4.69, 9.17) is 0 Å². The zero-order chi connectivity index (χ0) is 13.9. The third-order valence-corrected chi connectivity index (χ3v) is 4.41. The van der Waals surface area contributed by atoms with Crippen LogP contribution < -0.4 is 4.90 Å². The number of hydrogen-bond acceptors (Lipinski definition) is 1. The molecule has 0 amide bonds. The molecular weight excluding hydrogens is 278 g/mol. The molecule has 1 heterocycles. The molecule has 1 saturated heterocycles. The van der Waals surface area contributed by atoms with Gasteiger partial charge in [0.1, 0.15) is 0 Å². The molecule has 0 spiro atoms. The SMILES string of the molecule is Cc1ccc(N2CCC(C)CC2c2ccccc2)cc1.Cl. The topological polar surface area (TPSA) is 3.24 Å². The van der Waals surface area contributed by atoms with Crippen molar-refractivity contribution in [2.45, 2.75) is 32.7 Å². The summed E-state index contributed by atoms with van der Waals surface area (Å²) in [4.78, 5) is 2.58. The van der Waals surface area contributed by atoms with Gasteiger partial charge in [-0.05, 0) is 43.4 Å². The number of aryl methyl sites for hydroxylation is 1. The Morgan fingerprint density at radius 3 is 2.29 bits per heavy atom. The van der Waals surface area contributed by atoms with Crippen LogP contribution in [0.15, 0.2) is 54.6 Å². The molecule has 1 nitrogen and oxygen atoms in total. The van der Waals surface area contributed by atoms with Crippen molar-refractivity contribution in [3.8, 4) is 0 Å². The van der Waals surface area contributed by atoms with E-state index in [-0.39, 0.29) is 12.4 Å². The Balaban J connectivity index is 0.00000161.